The number of urea groups is 1. The number of benzene rings is 2. The van der Waals surface area contributed by atoms with Gasteiger partial charge in [-0.25, -0.2) is 14.8 Å². The van der Waals surface area contributed by atoms with Crippen LogP contribution in [0, 0.1) is 0 Å². The van der Waals surface area contributed by atoms with Gasteiger partial charge in [0, 0.05) is 16.1 Å². The van der Waals surface area contributed by atoms with E-state index in [9.17, 15) is 9.59 Å². The first-order valence-corrected chi connectivity index (χ1v) is 10.1. The summed E-state index contributed by atoms with van der Waals surface area (Å²) in [7, 11) is 0. The minimum atomic E-state index is -0.477. The summed E-state index contributed by atoms with van der Waals surface area (Å²) in [5.41, 5.74) is 1.57. The topological polar surface area (TPSA) is 96.0 Å². The van der Waals surface area contributed by atoms with Crippen LogP contribution in [0.25, 0.3) is 10.2 Å². The van der Waals surface area contributed by atoms with Crippen molar-refractivity contribution in [2.75, 3.05) is 16.0 Å². The molecule has 0 fully saturated rings. The highest BCUT2D eigenvalue weighted by atomic mass is 35.5. The van der Waals surface area contributed by atoms with Crippen molar-refractivity contribution in [2.24, 2.45) is 0 Å². The number of amides is 3. The maximum atomic E-state index is 12.4. The third-order valence-electron chi connectivity index (χ3n) is 3.55. The Balaban J connectivity index is 1.39. The van der Waals surface area contributed by atoms with Crippen LogP contribution in [0.2, 0.25) is 5.02 Å². The van der Waals surface area contributed by atoms with E-state index in [1.54, 1.807) is 29.6 Å². The van der Waals surface area contributed by atoms with Gasteiger partial charge in [0.1, 0.15) is 5.69 Å². The van der Waals surface area contributed by atoms with Gasteiger partial charge < -0.3 is 5.32 Å². The van der Waals surface area contributed by atoms with Gasteiger partial charge in [0.15, 0.2) is 10.3 Å². The van der Waals surface area contributed by atoms with Crippen molar-refractivity contribution in [3.05, 3.63) is 64.6 Å². The molecule has 0 radical (unpaired) electrons. The Morgan fingerprint density at radius 1 is 0.929 bits per heavy atom. The Bertz CT molecular complexity index is 1140. The molecule has 0 aliphatic rings. The third-order valence-corrected chi connectivity index (χ3v) is 5.50. The van der Waals surface area contributed by atoms with E-state index in [0.717, 1.165) is 21.6 Å². The Labute approximate surface area is 172 Å². The molecule has 140 valence electrons. The third kappa shape index (κ3) is 4.28. The lowest BCUT2D eigenvalue weighted by Crippen LogP contribution is -2.19. The van der Waals surface area contributed by atoms with Crippen LogP contribution in [0.15, 0.2) is 53.9 Å². The lowest BCUT2D eigenvalue weighted by molar-refractivity contribution is 0.102. The number of carbonyl (C=O) groups is 2. The number of thiazole rings is 2. The van der Waals surface area contributed by atoms with Crippen LogP contribution < -0.4 is 16.0 Å². The highest BCUT2D eigenvalue weighted by Gasteiger charge is 2.14. The summed E-state index contributed by atoms with van der Waals surface area (Å²) in [4.78, 5) is 32.9. The average Bonchev–Trinajstić information content (AvgIpc) is 3.27. The molecular formula is C18H12ClN5O2S2. The SMILES string of the molecule is O=C(Nc1cccc(Cl)c1)Nc1nc(C(=O)Nc2nc3ccccc3s2)cs1. The first kappa shape index (κ1) is 18.4. The van der Waals surface area contributed by atoms with Crippen LogP contribution in [0.4, 0.5) is 20.7 Å². The van der Waals surface area contributed by atoms with E-state index in [-0.39, 0.29) is 5.69 Å². The number of hydrogen-bond donors (Lipinski definition) is 3. The summed E-state index contributed by atoms with van der Waals surface area (Å²) in [5, 5.41) is 10.8. The van der Waals surface area contributed by atoms with E-state index in [2.05, 4.69) is 25.9 Å². The van der Waals surface area contributed by atoms with Crippen molar-refractivity contribution in [1.82, 2.24) is 9.97 Å². The monoisotopic (exact) mass is 429 g/mol. The molecule has 0 atom stereocenters. The molecule has 2 heterocycles. The van der Waals surface area contributed by atoms with Crippen molar-refractivity contribution < 1.29 is 9.59 Å². The second-order valence-electron chi connectivity index (χ2n) is 5.57. The van der Waals surface area contributed by atoms with E-state index in [4.69, 9.17) is 11.6 Å². The fourth-order valence-corrected chi connectivity index (χ4v) is 4.08. The van der Waals surface area contributed by atoms with E-state index >= 15 is 0 Å². The number of hydrogen-bond acceptors (Lipinski definition) is 6. The Morgan fingerprint density at radius 3 is 2.61 bits per heavy atom. The van der Waals surface area contributed by atoms with E-state index in [1.807, 2.05) is 24.3 Å². The van der Waals surface area contributed by atoms with Gasteiger partial charge in [0.05, 0.1) is 10.2 Å². The number of carbonyl (C=O) groups excluding carboxylic acids is 2. The van der Waals surface area contributed by atoms with Crippen LogP contribution in [-0.4, -0.2) is 21.9 Å². The van der Waals surface area contributed by atoms with Gasteiger partial charge in [0.25, 0.3) is 5.91 Å². The highest BCUT2D eigenvalue weighted by molar-refractivity contribution is 7.22. The number of para-hydroxylation sites is 1. The molecule has 4 aromatic rings. The molecule has 3 amide bonds. The zero-order valence-electron chi connectivity index (χ0n) is 14.1. The smallest absolute Gasteiger partial charge is 0.308 e. The molecule has 3 N–H and O–H groups in total. The predicted octanol–water partition coefficient (Wildman–Crippen LogP) is 5.30. The van der Waals surface area contributed by atoms with Crippen molar-refractivity contribution in [1.29, 1.82) is 0 Å². The van der Waals surface area contributed by atoms with Gasteiger partial charge in [-0.15, -0.1) is 11.3 Å². The maximum absolute atomic E-state index is 12.4. The van der Waals surface area contributed by atoms with Crippen molar-refractivity contribution in [3.63, 3.8) is 0 Å². The highest BCUT2D eigenvalue weighted by Crippen LogP contribution is 2.26. The van der Waals surface area contributed by atoms with Gasteiger partial charge >= 0.3 is 6.03 Å². The summed E-state index contributed by atoms with van der Waals surface area (Å²) in [6, 6.07) is 13.9. The zero-order chi connectivity index (χ0) is 19.5. The normalized spacial score (nSPS) is 10.6. The lowest BCUT2D eigenvalue weighted by atomic mass is 10.3. The number of anilines is 3. The molecule has 0 aliphatic carbocycles. The molecule has 0 aliphatic heterocycles. The molecule has 0 bridgehead atoms. The first-order chi connectivity index (χ1) is 13.6. The summed E-state index contributed by atoms with van der Waals surface area (Å²) >= 11 is 8.42. The Kier molecular flexibility index (Phi) is 5.20. The summed E-state index contributed by atoms with van der Waals surface area (Å²) in [6.07, 6.45) is 0. The van der Waals surface area contributed by atoms with Gasteiger partial charge in [-0.3, -0.25) is 15.4 Å². The van der Waals surface area contributed by atoms with Crippen LogP contribution in [0.1, 0.15) is 10.5 Å². The quantitative estimate of drug-likeness (QED) is 0.410. The fourth-order valence-electron chi connectivity index (χ4n) is 2.35. The van der Waals surface area contributed by atoms with Gasteiger partial charge in [-0.05, 0) is 30.3 Å². The fraction of sp³-hybridized carbons (Fsp3) is 0. The second-order valence-corrected chi connectivity index (χ2v) is 7.89. The second kappa shape index (κ2) is 7.93. The van der Waals surface area contributed by atoms with Crippen LogP contribution >= 0.6 is 34.3 Å². The molecule has 0 saturated heterocycles. The van der Waals surface area contributed by atoms with Crippen LogP contribution in [0.3, 0.4) is 0 Å². The first-order valence-electron chi connectivity index (χ1n) is 8.03. The van der Waals surface area contributed by atoms with E-state index in [0.29, 0.717) is 21.0 Å². The predicted molar refractivity (Wildman–Crippen MR) is 114 cm³/mol. The molecule has 2 aromatic carbocycles. The van der Waals surface area contributed by atoms with Crippen molar-refractivity contribution >= 4 is 72.4 Å². The molecular weight excluding hydrogens is 418 g/mol. The van der Waals surface area contributed by atoms with Crippen LogP contribution in [-0.2, 0) is 0 Å². The van der Waals surface area contributed by atoms with Gasteiger partial charge in [-0.1, -0.05) is 41.1 Å². The van der Waals surface area contributed by atoms with Gasteiger partial charge in [0.2, 0.25) is 0 Å². The zero-order valence-corrected chi connectivity index (χ0v) is 16.5. The molecule has 10 heteroatoms. The molecule has 0 spiro atoms. The minimum Gasteiger partial charge on any atom is -0.308 e. The van der Waals surface area contributed by atoms with Crippen molar-refractivity contribution in [2.45, 2.75) is 0 Å². The Hall–Kier alpha value is -3.01. The average molecular weight is 430 g/mol. The van der Waals surface area contributed by atoms with E-state index in [1.165, 1.54) is 11.3 Å². The summed E-state index contributed by atoms with van der Waals surface area (Å²) in [5.74, 6) is -0.390. The standard InChI is InChI=1S/C18H12ClN5O2S2/c19-10-4-3-5-11(8-10)20-16(26)24-17-22-13(9-27-17)15(25)23-18-21-12-6-1-2-7-14(12)28-18/h1-9H,(H,21,23,25)(H2,20,22,24,26). The number of aromatic nitrogens is 2. The van der Waals surface area contributed by atoms with E-state index < -0.39 is 11.9 Å². The van der Waals surface area contributed by atoms with Crippen molar-refractivity contribution in [3.8, 4) is 0 Å². The minimum absolute atomic E-state index is 0.197. The molecule has 2 aromatic heterocycles. The molecule has 0 unspecified atom stereocenters. The number of nitrogens with one attached hydrogen (secondary N) is 3. The number of halogens is 1. The lowest BCUT2D eigenvalue weighted by Gasteiger charge is -2.05. The molecule has 28 heavy (non-hydrogen) atoms. The van der Waals surface area contributed by atoms with Crippen LogP contribution in [0.5, 0.6) is 0 Å². The Morgan fingerprint density at radius 2 is 1.79 bits per heavy atom. The van der Waals surface area contributed by atoms with Gasteiger partial charge in [-0.2, -0.15) is 0 Å². The molecule has 0 saturated carbocycles. The molecule has 7 nitrogen and oxygen atoms in total. The largest absolute Gasteiger partial charge is 0.325 e. The number of nitrogens with zero attached hydrogens (tertiary/aromatic N) is 2. The molecule has 4 rings (SSSR count). The number of fused-ring (bicyclic) bond motifs is 1. The summed E-state index contributed by atoms with van der Waals surface area (Å²) in [6.45, 7) is 0. The summed E-state index contributed by atoms with van der Waals surface area (Å²) < 4.78 is 0.983. The number of rotatable bonds is 4. The maximum Gasteiger partial charge on any atom is 0.325 e.